The van der Waals surface area contributed by atoms with Crippen molar-refractivity contribution in [3.63, 3.8) is 0 Å². The Morgan fingerprint density at radius 3 is 1.91 bits per heavy atom. The number of hydrogen-bond acceptors (Lipinski definition) is 6. The van der Waals surface area contributed by atoms with Gasteiger partial charge < -0.3 is 10.8 Å². The van der Waals surface area contributed by atoms with Crippen molar-refractivity contribution < 1.29 is 18.1 Å². The molecule has 0 bridgehead atoms. The molecule has 0 saturated heterocycles. The number of rotatable bonds is 4. The second kappa shape index (κ2) is 7.79. The van der Waals surface area contributed by atoms with Crippen molar-refractivity contribution in [3.8, 4) is 17.0 Å². The molecule has 0 saturated carbocycles. The number of aromatic hydroxyl groups is 1. The van der Waals surface area contributed by atoms with Crippen LogP contribution in [0.4, 0.5) is 11.4 Å². The van der Waals surface area contributed by atoms with Gasteiger partial charge >= 0.3 is 10.3 Å². The average Bonchev–Trinajstić information content (AvgIpc) is 3.09. The van der Waals surface area contributed by atoms with Gasteiger partial charge in [-0.3, -0.25) is 4.55 Å². The van der Waals surface area contributed by atoms with Crippen LogP contribution in [0.3, 0.4) is 0 Å². The SMILES string of the molecule is CC(C)(C)c1cc(-c2cnnn2N(c2ccc(N)cc2)S(=O)(=O)O)cc(C(C)(C)C)c1O. The highest BCUT2D eigenvalue weighted by Crippen LogP contribution is 2.42. The summed E-state index contributed by atoms with van der Waals surface area (Å²) in [6, 6.07) is 9.50. The molecule has 0 aliphatic carbocycles. The number of anilines is 2. The summed E-state index contributed by atoms with van der Waals surface area (Å²) in [4.78, 5) is 1.01. The van der Waals surface area contributed by atoms with Crippen molar-refractivity contribution in [2.45, 2.75) is 52.4 Å². The first kappa shape index (κ1) is 23.6. The maximum atomic E-state index is 12.3. The first-order valence-corrected chi connectivity index (χ1v) is 11.4. The molecule has 0 fully saturated rings. The Bertz CT molecular complexity index is 1200. The van der Waals surface area contributed by atoms with Crippen LogP contribution in [0.5, 0.6) is 5.75 Å². The lowest BCUT2D eigenvalue weighted by Crippen LogP contribution is -2.37. The quantitative estimate of drug-likeness (QED) is 0.398. The van der Waals surface area contributed by atoms with Gasteiger partial charge in [0, 0.05) is 22.4 Å². The fourth-order valence-corrected chi connectivity index (χ4v) is 4.13. The summed E-state index contributed by atoms with van der Waals surface area (Å²) >= 11 is 0. The molecule has 1 aromatic heterocycles. The summed E-state index contributed by atoms with van der Waals surface area (Å²) in [5.41, 5.74) is 7.79. The molecule has 4 N–H and O–H groups in total. The van der Waals surface area contributed by atoms with Crippen LogP contribution in [-0.4, -0.2) is 33.2 Å². The minimum atomic E-state index is -4.77. The van der Waals surface area contributed by atoms with E-state index in [1.165, 1.54) is 30.5 Å². The van der Waals surface area contributed by atoms with Crippen molar-refractivity contribution in [3.05, 3.63) is 53.7 Å². The van der Waals surface area contributed by atoms with E-state index in [2.05, 4.69) is 10.3 Å². The Morgan fingerprint density at radius 2 is 1.47 bits per heavy atom. The maximum absolute atomic E-state index is 12.3. The van der Waals surface area contributed by atoms with E-state index in [4.69, 9.17) is 5.73 Å². The van der Waals surface area contributed by atoms with Crippen molar-refractivity contribution in [1.82, 2.24) is 15.1 Å². The zero-order valence-corrected chi connectivity index (χ0v) is 19.8. The van der Waals surface area contributed by atoms with E-state index in [1.54, 1.807) is 12.1 Å². The predicted octanol–water partition coefficient (Wildman–Crippen LogP) is 3.90. The van der Waals surface area contributed by atoms with Crippen LogP contribution < -0.4 is 10.1 Å². The third-order valence-electron chi connectivity index (χ3n) is 5.06. The van der Waals surface area contributed by atoms with Gasteiger partial charge in [0.2, 0.25) is 0 Å². The van der Waals surface area contributed by atoms with Crippen LogP contribution in [0, 0.1) is 0 Å². The van der Waals surface area contributed by atoms with Crippen LogP contribution in [0.15, 0.2) is 42.6 Å². The van der Waals surface area contributed by atoms with Crippen LogP contribution in [0.1, 0.15) is 52.7 Å². The summed E-state index contributed by atoms with van der Waals surface area (Å²) in [5.74, 6) is 0.193. The molecule has 0 atom stereocenters. The van der Waals surface area contributed by atoms with E-state index in [0.717, 1.165) is 4.79 Å². The molecule has 32 heavy (non-hydrogen) atoms. The fourth-order valence-electron chi connectivity index (χ4n) is 3.42. The molecule has 3 aromatic rings. The van der Waals surface area contributed by atoms with Crippen LogP contribution in [0.2, 0.25) is 0 Å². The van der Waals surface area contributed by atoms with E-state index in [9.17, 15) is 18.1 Å². The number of phenolic OH excluding ortho intramolecular Hbond substituents is 1. The second-order valence-electron chi connectivity index (χ2n) is 9.74. The maximum Gasteiger partial charge on any atom is 0.379 e. The van der Waals surface area contributed by atoms with Gasteiger partial charge in [-0.05, 0) is 52.4 Å². The van der Waals surface area contributed by atoms with E-state index in [1.807, 2.05) is 41.5 Å². The highest BCUT2D eigenvalue weighted by Gasteiger charge is 2.30. The topological polar surface area (TPSA) is 135 Å². The van der Waals surface area contributed by atoms with Gasteiger partial charge in [0.25, 0.3) is 0 Å². The highest BCUT2D eigenvalue weighted by atomic mass is 32.2. The number of aromatic nitrogens is 3. The van der Waals surface area contributed by atoms with Gasteiger partial charge in [-0.25, -0.2) is 0 Å². The number of hydrogen-bond donors (Lipinski definition) is 3. The number of benzene rings is 2. The fraction of sp³-hybridized carbons (Fsp3) is 0.364. The molecule has 3 rings (SSSR count). The zero-order chi connectivity index (χ0) is 24.1. The summed E-state index contributed by atoms with van der Waals surface area (Å²) in [7, 11) is -4.77. The van der Waals surface area contributed by atoms with E-state index >= 15 is 0 Å². The first-order valence-electron chi connectivity index (χ1n) is 10.0. The molecule has 0 unspecified atom stereocenters. The number of phenols is 1. The molecule has 172 valence electrons. The van der Waals surface area contributed by atoms with E-state index in [0.29, 0.717) is 32.5 Å². The summed E-state index contributed by atoms with van der Waals surface area (Å²) < 4.78 is 35.3. The molecule has 10 heteroatoms. The molecule has 0 aliphatic heterocycles. The molecular weight excluding hydrogens is 430 g/mol. The molecule has 9 nitrogen and oxygen atoms in total. The number of nitrogens with zero attached hydrogens (tertiary/aromatic N) is 4. The Kier molecular flexibility index (Phi) is 5.73. The standard InChI is InChI=1S/C22H29N5O4S/c1-21(2,3)17-11-14(12-18(20(17)28)22(4,5)6)19-13-24-25-26(19)27(32(29,30)31)16-9-7-15(23)8-10-16/h7-13,28H,23H2,1-6H3,(H,29,30,31). The van der Waals surface area contributed by atoms with Crippen molar-refractivity contribution in [2.24, 2.45) is 0 Å². The lowest BCUT2D eigenvalue weighted by atomic mass is 9.78. The lowest BCUT2D eigenvalue weighted by Gasteiger charge is -2.28. The third-order valence-corrected chi connectivity index (χ3v) is 5.86. The normalized spacial score (nSPS) is 12.7. The highest BCUT2D eigenvalue weighted by molar-refractivity contribution is 7.87. The Labute approximate surface area is 188 Å². The molecule has 1 heterocycles. The Morgan fingerprint density at radius 1 is 0.969 bits per heavy atom. The molecule has 0 radical (unpaired) electrons. The lowest BCUT2D eigenvalue weighted by molar-refractivity contribution is 0.423. The Balaban J connectivity index is 2.30. The number of nitrogens with two attached hydrogens (primary N) is 1. The van der Waals surface area contributed by atoms with Crippen LogP contribution in [-0.2, 0) is 21.1 Å². The van der Waals surface area contributed by atoms with Crippen molar-refractivity contribution in [1.29, 1.82) is 0 Å². The smallest absolute Gasteiger partial charge is 0.379 e. The molecular formula is C22H29N5O4S. The van der Waals surface area contributed by atoms with Gasteiger partial charge in [-0.1, -0.05) is 41.5 Å². The monoisotopic (exact) mass is 459 g/mol. The summed E-state index contributed by atoms with van der Waals surface area (Å²) in [6.07, 6.45) is 1.40. The predicted molar refractivity (Wildman–Crippen MR) is 125 cm³/mol. The summed E-state index contributed by atoms with van der Waals surface area (Å²) in [5, 5.41) is 18.8. The van der Waals surface area contributed by atoms with Gasteiger partial charge in [0.15, 0.2) is 0 Å². The summed E-state index contributed by atoms with van der Waals surface area (Å²) in [6.45, 7) is 11.9. The van der Waals surface area contributed by atoms with Gasteiger partial charge in [0.05, 0.1) is 11.9 Å². The molecule has 0 spiro atoms. The van der Waals surface area contributed by atoms with Crippen molar-refractivity contribution >= 4 is 21.7 Å². The first-order chi connectivity index (χ1) is 14.6. The molecule has 0 amide bonds. The largest absolute Gasteiger partial charge is 0.507 e. The minimum absolute atomic E-state index is 0.124. The van der Waals surface area contributed by atoms with Crippen LogP contribution in [0.25, 0.3) is 11.3 Å². The third kappa shape index (κ3) is 4.56. The zero-order valence-electron chi connectivity index (χ0n) is 19.0. The number of nitrogen functional groups attached to an aromatic ring is 1. The average molecular weight is 460 g/mol. The van der Waals surface area contributed by atoms with Gasteiger partial charge in [-0.15, -0.1) is 14.3 Å². The van der Waals surface area contributed by atoms with E-state index in [-0.39, 0.29) is 11.4 Å². The molecule has 0 aliphatic rings. The van der Waals surface area contributed by atoms with E-state index < -0.39 is 21.1 Å². The van der Waals surface area contributed by atoms with Gasteiger partial charge in [0.1, 0.15) is 11.4 Å². The van der Waals surface area contributed by atoms with Crippen LogP contribution >= 0.6 is 0 Å². The van der Waals surface area contributed by atoms with Crippen molar-refractivity contribution in [2.75, 3.05) is 10.1 Å². The minimum Gasteiger partial charge on any atom is -0.507 e. The Hall–Kier alpha value is -3.11. The second-order valence-corrected chi connectivity index (χ2v) is 11.0. The molecule has 2 aromatic carbocycles. The van der Waals surface area contributed by atoms with Gasteiger partial charge in [-0.2, -0.15) is 8.42 Å².